The van der Waals surface area contributed by atoms with Crippen molar-refractivity contribution >= 4 is 33.0 Å². The zero-order chi connectivity index (χ0) is 20.0. The molecule has 5 rings (SSSR count). The average molecular weight is 440 g/mol. The van der Waals surface area contributed by atoms with Crippen molar-refractivity contribution in [3.05, 3.63) is 113 Å². The van der Waals surface area contributed by atoms with Gasteiger partial charge >= 0.3 is 0 Å². The molecule has 0 aliphatic carbocycles. The van der Waals surface area contributed by atoms with E-state index in [0.717, 1.165) is 4.47 Å². The predicted molar refractivity (Wildman–Crippen MR) is 126 cm³/mol. The number of halogens is 1. The van der Waals surface area contributed by atoms with Crippen LogP contribution in [-0.2, 0) is 5.41 Å². The summed E-state index contributed by atoms with van der Waals surface area (Å²) in [6.45, 7) is 4.66. The Morgan fingerprint density at radius 2 is 1.24 bits per heavy atom. The molecule has 0 saturated carbocycles. The Bertz CT molecular complexity index is 1180. The van der Waals surface area contributed by atoms with Crippen LogP contribution in [0.3, 0.4) is 0 Å². The molecule has 0 radical (unpaired) electrons. The molecule has 0 bridgehead atoms. The smallest absolute Gasteiger partial charge is 0.0503 e. The van der Waals surface area contributed by atoms with Gasteiger partial charge in [0.25, 0.3) is 0 Å². The number of fused-ring (bicyclic) bond motifs is 2. The maximum atomic E-state index is 3.54. The fraction of sp³-hybridized carbons (Fsp3) is 0.111. The van der Waals surface area contributed by atoms with E-state index in [-0.39, 0.29) is 5.41 Å². The monoisotopic (exact) mass is 439 g/mol. The quantitative estimate of drug-likeness (QED) is 0.304. The lowest BCUT2D eigenvalue weighted by Gasteiger charge is -2.42. The van der Waals surface area contributed by atoms with Gasteiger partial charge in [0.15, 0.2) is 0 Å². The van der Waals surface area contributed by atoms with Crippen molar-refractivity contribution in [1.29, 1.82) is 0 Å². The van der Waals surface area contributed by atoms with Crippen LogP contribution >= 0.6 is 15.9 Å². The highest BCUT2D eigenvalue weighted by Crippen LogP contribution is 2.52. The summed E-state index contributed by atoms with van der Waals surface area (Å²) in [5, 5.41) is 0. The number of hydrogen-bond acceptors (Lipinski definition) is 1. The lowest BCUT2D eigenvalue weighted by atomic mass is 9.73. The molecule has 1 aliphatic heterocycles. The first kappa shape index (κ1) is 18.2. The first-order valence-corrected chi connectivity index (χ1v) is 10.7. The number of nitrogens with zero attached hydrogens (tertiary/aromatic N) is 1. The molecule has 4 aromatic carbocycles. The van der Waals surface area contributed by atoms with E-state index in [2.05, 4.69) is 132 Å². The Kier molecular flexibility index (Phi) is 4.33. The van der Waals surface area contributed by atoms with Crippen LogP contribution in [0.1, 0.15) is 25.0 Å². The third-order valence-electron chi connectivity index (χ3n) is 5.92. The van der Waals surface area contributed by atoms with E-state index >= 15 is 0 Å². The predicted octanol–water partition coefficient (Wildman–Crippen LogP) is 8.23. The van der Waals surface area contributed by atoms with Gasteiger partial charge in [-0.25, -0.2) is 0 Å². The fourth-order valence-corrected chi connectivity index (χ4v) is 4.65. The molecule has 1 nitrogen and oxygen atoms in total. The normalized spacial score (nSPS) is 14.2. The second kappa shape index (κ2) is 6.89. The Morgan fingerprint density at radius 3 is 2.00 bits per heavy atom. The minimum Gasteiger partial charge on any atom is -0.310 e. The standard InChI is InChI=1S/C27H22BrN/c1-27(2)23-10-6-7-11-25(23)29(22-8-4-3-5-9-22)26-17-14-20(18-24(26)27)19-12-15-21(28)16-13-19/h3-18H,1-2H3. The van der Waals surface area contributed by atoms with Crippen LogP contribution in [0, 0.1) is 0 Å². The van der Waals surface area contributed by atoms with Gasteiger partial charge in [0.2, 0.25) is 0 Å². The first-order chi connectivity index (χ1) is 14.1. The number of rotatable bonds is 2. The zero-order valence-electron chi connectivity index (χ0n) is 16.6. The van der Waals surface area contributed by atoms with Crippen molar-refractivity contribution in [2.45, 2.75) is 19.3 Å². The SMILES string of the molecule is CC1(C)c2ccccc2N(c2ccccc2)c2ccc(-c3ccc(Br)cc3)cc21. The Morgan fingerprint density at radius 1 is 0.621 bits per heavy atom. The fourth-order valence-electron chi connectivity index (χ4n) is 4.38. The van der Waals surface area contributed by atoms with E-state index in [0.29, 0.717) is 0 Å². The van der Waals surface area contributed by atoms with E-state index in [9.17, 15) is 0 Å². The van der Waals surface area contributed by atoms with Crippen molar-refractivity contribution in [1.82, 2.24) is 0 Å². The number of hydrogen-bond donors (Lipinski definition) is 0. The molecule has 29 heavy (non-hydrogen) atoms. The second-order valence-electron chi connectivity index (χ2n) is 8.05. The third kappa shape index (κ3) is 2.99. The van der Waals surface area contributed by atoms with Gasteiger partial charge in [-0.3, -0.25) is 0 Å². The lowest BCUT2D eigenvalue weighted by molar-refractivity contribution is 0.632. The van der Waals surface area contributed by atoms with Crippen LogP contribution in [0.2, 0.25) is 0 Å². The summed E-state index contributed by atoms with van der Waals surface area (Å²) in [6, 6.07) is 34.8. The summed E-state index contributed by atoms with van der Waals surface area (Å²) in [7, 11) is 0. The highest BCUT2D eigenvalue weighted by Gasteiger charge is 2.36. The van der Waals surface area contributed by atoms with Gasteiger partial charge in [-0.1, -0.05) is 84.4 Å². The summed E-state index contributed by atoms with van der Waals surface area (Å²) >= 11 is 3.54. The molecular formula is C27H22BrN. The van der Waals surface area contributed by atoms with Crippen LogP contribution < -0.4 is 4.90 Å². The minimum absolute atomic E-state index is 0.0808. The van der Waals surface area contributed by atoms with Crippen LogP contribution in [0.4, 0.5) is 17.1 Å². The summed E-state index contributed by atoms with van der Waals surface area (Å²) in [5.41, 5.74) is 8.79. The van der Waals surface area contributed by atoms with Crippen molar-refractivity contribution in [3.8, 4) is 11.1 Å². The van der Waals surface area contributed by atoms with Gasteiger partial charge in [-0.05, 0) is 64.7 Å². The van der Waals surface area contributed by atoms with Crippen molar-refractivity contribution in [2.75, 3.05) is 4.90 Å². The van der Waals surface area contributed by atoms with Gasteiger partial charge in [0.1, 0.15) is 0 Å². The molecule has 1 heterocycles. The molecule has 1 aliphatic rings. The van der Waals surface area contributed by atoms with Crippen LogP contribution in [0.15, 0.2) is 102 Å². The van der Waals surface area contributed by atoms with E-state index in [1.807, 2.05) is 0 Å². The van der Waals surface area contributed by atoms with E-state index < -0.39 is 0 Å². The molecule has 0 saturated heterocycles. The van der Waals surface area contributed by atoms with Crippen LogP contribution in [0.25, 0.3) is 11.1 Å². The summed E-state index contributed by atoms with van der Waals surface area (Å²) in [6.07, 6.45) is 0. The lowest BCUT2D eigenvalue weighted by Crippen LogP contribution is -2.30. The molecule has 2 heteroatoms. The molecule has 0 amide bonds. The highest BCUT2D eigenvalue weighted by molar-refractivity contribution is 9.10. The number of benzene rings is 4. The second-order valence-corrected chi connectivity index (χ2v) is 8.97. The van der Waals surface area contributed by atoms with E-state index in [4.69, 9.17) is 0 Å². The van der Waals surface area contributed by atoms with Crippen molar-refractivity contribution < 1.29 is 0 Å². The van der Waals surface area contributed by atoms with E-state index in [1.165, 1.54) is 39.3 Å². The largest absolute Gasteiger partial charge is 0.310 e. The van der Waals surface area contributed by atoms with Gasteiger partial charge in [0.05, 0.1) is 11.4 Å². The average Bonchev–Trinajstić information content (AvgIpc) is 2.75. The first-order valence-electron chi connectivity index (χ1n) is 9.91. The van der Waals surface area contributed by atoms with Crippen LogP contribution in [0.5, 0.6) is 0 Å². The summed E-state index contributed by atoms with van der Waals surface area (Å²) in [5.74, 6) is 0. The summed E-state index contributed by atoms with van der Waals surface area (Å²) < 4.78 is 1.10. The topological polar surface area (TPSA) is 3.24 Å². The Hall–Kier alpha value is -2.84. The molecule has 0 unspecified atom stereocenters. The van der Waals surface area contributed by atoms with E-state index in [1.54, 1.807) is 0 Å². The molecule has 0 atom stereocenters. The molecular weight excluding hydrogens is 418 g/mol. The number of para-hydroxylation sites is 2. The zero-order valence-corrected chi connectivity index (χ0v) is 18.1. The van der Waals surface area contributed by atoms with Crippen LogP contribution in [-0.4, -0.2) is 0 Å². The Balaban J connectivity index is 1.75. The van der Waals surface area contributed by atoms with Crippen molar-refractivity contribution in [2.24, 2.45) is 0 Å². The Labute approximate surface area is 180 Å². The molecule has 4 aromatic rings. The maximum Gasteiger partial charge on any atom is 0.0503 e. The maximum absolute atomic E-state index is 3.54. The van der Waals surface area contributed by atoms with Crippen molar-refractivity contribution in [3.63, 3.8) is 0 Å². The van der Waals surface area contributed by atoms with Gasteiger partial charge in [0, 0.05) is 15.6 Å². The highest BCUT2D eigenvalue weighted by atomic mass is 79.9. The molecule has 0 fully saturated rings. The summed E-state index contributed by atoms with van der Waals surface area (Å²) in [4.78, 5) is 2.39. The molecule has 0 N–H and O–H groups in total. The third-order valence-corrected chi connectivity index (χ3v) is 6.45. The van der Waals surface area contributed by atoms with Gasteiger partial charge in [-0.2, -0.15) is 0 Å². The molecule has 0 aromatic heterocycles. The van der Waals surface area contributed by atoms with Gasteiger partial charge in [-0.15, -0.1) is 0 Å². The number of anilines is 3. The molecule has 0 spiro atoms. The minimum atomic E-state index is -0.0808. The van der Waals surface area contributed by atoms with Gasteiger partial charge < -0.3 is 4.90 Å². The molecule has 142 valence electrons.